The lowest BCUT2D eigenvalue weighted by atomic mass is 9.90. The minimum atomic E-state index is 0.674. The van der Waals surface area contributed by atoms with E-state index in [1.807, 2.05) is 24.3 Å². The Morgan fingerprint density at radius 1 is 0.393 bits per heavy atom. The number of aromatic nitrogens is 3. The molecule has 3 heterocycles. The van der Waals surface area contributed by atoms with E-state index in [1.54, 1.807) is 0 Å². The van der Waals surface area contributed by atoms with Gasteiger partial charge in [-0.15, -0.1) is 0 Å². The van der Waals surface area contributed by atoms with E-state index in [9.17, 15) is 0 Å². The molecule has 0 radical (unpaired) electrons. The Kier molecular flexibility index (Phi) is 7.46. The second kappa shape index (κ2) is 13.1. The van der Waals surface area contributed by atoms with E-state index >= 15 is 0 Å². The third-order valence-corrected chi connectivity index (χ3v) is 11.0. The summed E-state index contributed by atoms with van der Waals surface area (Å²) in [5, 5.41) is 2.30. The van der Waals surface area contributed by atoms with E-state index in [4.69, 9.17) is 9.97 Å². The summed E-state index contributed by atoms with van der Waals surface area (Å²) in [6, 6.07) is 71.0. The topological polar surface area (TPSA) is 44.8 Å². The van der Waals surface area contributed by atoms with Crippen LogP contribution in [0.2, 0.25) is 0 Å². The Hall–Kier alpha value is -7.56. The Morgan fingerprint density at radius 2 is 0.946 bits per heavy atom. The molecule has 56 heavy (non-hydrogen) atoms. The van der Waals surface area contributed by atoms with Crippen LogP contribution >= 0.6 is 0 Å². The molecule has 0 spiro atoms. The van der Waals surface area contributed by atoms with Gasteiger partial charge in [0, 0.05) is 50.2 Å². The quantitative estimate of drug-likeness (QED) is 0.193. The highest BCUT2D eigenvalue weighted by molar-refractivity contribution is 6.23. The molecule has 262 valence electrons. The molecule has 0 saturated heterocycles. The van der Waals surface area contributed by atoms with Gasteiger partial charge in [-0.3, -0.25) is 4.90 Å². The number of hydrogen-bond donors (Lipinski definition) is 1. The largest absolute Gasteiger partial charge is 0.354 e. The summed E-state index contributed by atoms with van der Waals surface area (Å²) in [6.07, 6.45) is 0. The molecule has 1 N–H and O–H groups in total. The van der Waals surface area contributed by atoms with Crippen molar-refractivity contribution < 1.29 is 0 Å². The van der Waals surface area contributed by atoms with E-state index in [2.05, 4.69) is 186 Å². The average molecular weight is 715 g/mol. The smallest absolute Gasteiger partial charge is 0.162 e. The van der Waals surface area contributed by atoms with Crippen LogP contribution in [0.3, 0.4) is 0 Å². The molecule has 2 aromatic heterocycles. The van der Waals surface area contributed by atoms with Gasteiger partial charge < -0.3 is 4.98 Å². The zero-order valence-corrected chi connectivity index (χ0v) is 30.4. The van der Waals surface area contributed by atoms with Crippen molar-refractivity contribution in [3.05, 3.63) is 200 Å². The SMILES string of the molecule is c1ccc(-c2ccc(-c3cc4c(c5c3[nH]c3ccccc35)N(c3cc(-c5ccccc5)nc(-c5ccccc5)n3)c3ccccc3-c3ccccc3-4)cc2)cc1. The van der Waals surface area contributed by atoms with E-state index in [1.165, 1.54) is 22.3 Å². The Morgan fingerprint density at radius 3 is 1.68 bits per heavy atom. The van der Waals surface area contributed by atoms with Crippen LogP contribution in [0.1, 0.15) is 0 Å². The number of H-pyrrole nitrogens is 1. The molecule has 0 unspecified atom stereocenters. The predicted octanol–water partition coefficient (Wildman–Crippen LogP) is 13.9. The minimum absolute atomic E-state index is 0.674. The maximum Gasteiger partial charge on any atom is 0.162 e. The number of nitrogens with zero attached hydrogens (tertiary/aromatic N) is 3. The summed E-state index contributed by atoms with van der Waals surface area (Å²) in [7, 11) is 0. The van der Waals surface area contributed by atoms with Gasteiger partial charge in [0.2, 0.25) is 0 Å². The molecule has 4 nitrogen and oxygen atoms in total. The van der Waals surface area contributed by atoms with E-state index in [0.29, 0.717) is 5.82 Å². The molecule has 1 aliphatic heterocycles. The third-order valence-electron chi connectivity index (χ3n) is 11.0. The van der Waals surface area contributed by atoms with Crippen LogP contribution in [0, 0.1) is 0 Å². The average Bonchev–Trinajstić information content (AvgIpc) is 3.62. The van der Waals surface area contributed by atoms with E-state index in [-0.39, 0.29) is 0 Å². The maximum absolute atomic E-state index is 5.45. The van der Waals surface area contributed by atoms with E-state index in [0.717, 1.165) is 78.1 Å². The van der Waals surface area contributed by atoms with Crippen molar-refractivity contribution in [1.29, 1.82) is 0 Å². The van der Waals surface area contributed by atoms with Gasteiger partial charge in [-0.2, -0.15) is 0 Å². The fraction of sp³-hybridized carbons (Fsp3) is 0. The van der Waals surface area contributed by atoms with E-state index < -0.39 is 0 Å². The molecule has 4 heteroatoms. The fourth-order valence-corrected chi connectivity index (χ4v) is 8.38. The molecule has 8 aromatic carbocycles. The Balaban J connectivity index is 1.26. The lowest BCUT2D eigenvalue weighted by molar-refractivity contribution is 1.13. The van der Waals surface area contributed by atoms with Gasteiger partial charge in [0.15, 0.2) is 5.82 Å². The maximum atomic E-state index is 5.45. The highest BCUT2D eigenvalue weighted by Gasteiger charge is 2.31. The molecule has 0 aliphatic carbocycles. The number of hydrogen-bond acceptors (Lipinski definition) is 3. The summed E-state index contributed by atoms with van der Waals surface area (Å²) >= 11 is 0. The monoisotopic (exact) mass is 714 g/mol. The summed E-state index contributed by atoms with van der Waals surface area (Å²) in [5.74, 6) is 1.47. The highest BCUT2D eigenvalue weighted by atomic mass is 15.2. The Bertz CT molecular complexity index is 3000. The van der Waals surface area contributed by atoms with Crippen LogP contribution in [0.5, 0.6) is 0 Å². The summed E-state index contributed by atoms with van der Waals surface area (Å²) < 4.78 is 0. The van der Waals surface area contributed by atoms with Crippen molar-refractivity contribution in [2.75, 3.05) is 4.90 Å². The Labute approximate surface area is 325 Å². The van der Waals surface area contributed by atoms with Crippen LogP contribution in [-0.2, 0) is 0 Å². The predicted molar refractivity (Wildman–Crippen MR) is 232 cm³/mol. The molecular formula is C52H34N4. The number of anilines is 3. The molecule has 0 amide bonds. The molecule has 1 aliphatic rings. The first-order valence-corrected chi connectivity index (χ1v) is 19.0. The van der Waals surface area contributed by atoms with Crippen molar-refractivity contribution in [3.8, 4) is 67.2 Å². The van der Waals surface area contributed by atoms with Crippen molar-refractivity contribution in [2.45, 2.75) is 0 Å². The van der Waals surface area contributed by atoms with Crippen LogP contribution < -0.4 is 4.90 Å². The summed E-state index contributed by atoms with van der Waals surface area (Å²) in [5.41, 5.74) is 16.5. The van der Waals surface area contributed by atoms with Gasteiger partial charge in [0.25, 0.3) is 0 Å². The highest BCUT2D eigenvalue weighted by Crippen LogP contribution is 2.55. The van der Waals surface area contributed by atoms with Gasteiger partial charge in [-0.25, -0.2) is 9.97 Å². The zero-order valence-electron chi connectivity index (χ0n) is 30.4. The lowest BCUT2D eigenvalue weighted by Gasteiger charge is -2.28. The summed E-state index contributed by atoms with van der Waals surface area (Å²) in [6.45, 7) is 0. The standard InChI is InChI=1S/C52H34N4/c1-4-16-34(17-5-1)35-28-30-36(31-29-35)43-32-44-40-23-11-10-22-39(40)41-24-13-15-27-47(41)56(51(44)49-42-25-12-14-26-45(42)53-50(43)49)48-33-46(37-18-6-2-7-19-37)54-52(55-48)38-20-8-3-9-21-38/h1-33,53H. The molecule has 0 saturated carbocycles. The second-order valence-corrected chi connectivity index (χ2v) is 14.2. The minimum Gasteiger partial charge on any atom is -0.354 e. The number of fused-ring (bicyclic) bond motifs is 9. The third kappa shape index (κ3) is 5.23. The molecule has 0 bridgehead atoms. The molecule has 0 atom stereocenters. The first-order chi connectivity index (χ1) is 27.8. The number of benzene rings is 8. The number of nitrogens with one attached hydrogen (secondary N) is 1. The molecule has 11 rings (SSSR count). The number of aromatic amines is 1. The van der Waals surface area contributed by atoms with Gasteiger partial charge in [0.05, 0.1) is 22.6 Å². The molecular weight excluding hydrogens is 681 g/mol. The molecule has 0 fully saturated rings. The molecule has 10 aromatic rings. The van der Waals surface area contributed by atoms with Gasteiger partial charge >= 0.3 is 0 Å². The van der Waals surface area contributed by atoms with Crippen molar-refractivity contribution in [1.82, 2.24) is 15.0 Å². The van der Waals surface area contributed by atoms with Crippen LogP contribution in [0.4, 0.5) is 17.2 Å². The van der Waals surface area contributed by atoms with Crippen LogP contribution in [0.25, 0.3) is 89.0 Å². The van der Waals surface area contributed by atoms with Crippen LogP contribution in [-0.4, -0.2) is 15.0 Å². The second-order valence-electron chi connectivity index (χ2n) is 14.2. The van der Waals surface area contributed by atoms with Gasteiger partial charge in [-0.1, -0.05) is 176 Å². The summed E-state index contributed by atoms with van der Waals surface area (Å²) in [4.78, 5) is 16.9. The van der Waals surface area contributed by atoms with Crippen molar-refractivity contribution in [2.24, 2.45) is 0 Å². The lowest BCUT2D eigenvalue weighted by Crippen LogP contribution is -2.14. The normalized spacial score (nSPS) is 11.9. The van der Waals surface area contributed by atoms with Gasteiger partial charge in [-0.05, 0) is 46.0 Å². The van der Waals surface area contributed by atoms with Crippen LogP contribution in [0.15, 0.2) is 200 Å². The number of para-hydroxylation sites is 2. The van der Waals surface area contributed by atoms with Gasteiger partial charge in [0.1, 0.15) is 5.82 Å². The van der Waals surface area contributed by atoms with Crippen molar-refractivity contribution in [3.63, 3.8) is 0 Å². The zero-order chi connectivity index (χ0) is 37.0. The number of rotatable bonds is 5. The first-order valence-electron chi connectivity index (χ1n) is 19.0. The van der Waals surface area contributed by atoms with Crippen molar-refractivity contribution >= 4 is 39.0 Å². The fourth-order valence-electron chi connectivity index (χ4n) is 8.38. The first kappa shape index (κ1) is 31.9.